The van der Waals surface area contributed by atoms with Crippen LogP contribution in [0.4, 0.5) is 18.9 Å². The van der Waals surface area contributed by atoms with Crippen molar-refractivity contribution in [3.8, 4) is 0 Å². The highest BCUT2D eigenvalue weighted by Crippen LogP contribution is 2.40. The van der Waals surface area contributed by atoms with Gasteiger partial charge in [-0.1, -0.05) is 0 Å². The van der Waals surface area contributed by atoms with Gasteiger partial charge in [0, 0.05) is 29.2 Å². The van der Waals surface area contributed by atoms with Crippen LogP contribution in [0.1, 0.15) is 22.3 Å². The SMILES string of the molecule is Nc1ccc(C(=O)N2N=C(C(F)(F)F)C[C@]2(O)c2ccncc2)cc1. The maximum absolute atomic E-state index is 13.1. The lowest BCUT2D eigenvalue weighted by molar-refractivity contribution is -0.0816. The van der Waals surface area contributed by atoms with Crippen LogP contribution < -0.4 is 5.73 Å². The maximum atomic E-state index is 13.1. The summed E-state index contributed by atoms with van der Waals surface area (Å²) in [4.78, 5) is 16.4. The maximum Gasteiger partial charge on any atom is 0.431 e. The van der Waals surface area contributed by atoms with Crippen LogP contribution in [0.3, 0.4) is 0 Å². The van der Waals surface area contributed by atoms with E-state index in [-0.39, 0.29) is 11.1 Å². The molecule has 6 nitrogen and oxygen atoms in total. The summed E-state index contributed by atoms with van der Waals surface area (Å²) < 4.78 is 39.3. The molecule has 1 aromatic heterocycles. The number of halogens is 3. The van der Waals surface area contributed by atoms with E-state index in [4.69, 9.17) is 5.73 Å². The first-order valence-corrected chi connectivity index (χ1v) is 7.19. The first kappa shape index (κ1) is 16.9. The lowest BCUT2D eigenvalue weighted by Crippen LogP contribution is -2.43. The van der Waals surface area contributed by atoms with E-state index in [9.17, 15) is 23.1 Å². The van der Waals surface area contributed by atoms with E-state index in [1.807, 2.05) is 0 Å². The zero-order chi connectivity index (χ0) is 18.2. The quantitative estimate of drug-likeness (QED) is 0.813. The highest BCUT2D eigenvalue weighted by atomic mass is 19.4. The van der Waals surface area contributed by atoms with E-state index in [1.54, 1.807) is 0 Å². The van der Waals surface area contributed by atoms with Crippen molar-refractivity contribution in [2.45, 2.75) is 18.3 Å². The number of nitrogens with two attached hydrogens (primary N) is 1. The summed E-state index contributed by atoms with van der Waals surface area (Å²) in [6.45, 7) is 0. The minimum atomic E-state index is -4.77. The van der Waals surface area contributed by atoms with Gasteiger partial charge in [-0.15, -0.1) is 0 Å². The number of hydrazone groups is 1. The molecule has 2 heterocycles. The summed E-state index contributed by atoms with van der Waals surface area (Å²) in [5.74, 6) is -0.876. The van der Waals surface area contributed by atoms with Crippen LogP contribution in [-0.2, 0) is 5.72 Å². The van der Waals surface area contributed by atoms with Crippen LogP contribution >= 0.6 is 0 Å². The molecule has 1 aromatic carbocycles. The summed E-state index contributed by atoms with van der Waals surface area (Å²) in [6, 6.07) is 8.24. The second-order valence-corrected chi connectivity index (χ2v) is 5.51. The molecule has 9 heteroatoms. The van der Waals surface area contributed by atoms with Gasteiger partial charge in [-0.25, -0.2) is 0 Å². The summed E-state index contributed by atoms with van der Waals surface area (Å²) >= 11 is 0. The molecule has 25 heavy (non-hydrogen) atoms. The average molecular weight is 350 g/mol. The Kier molecular flexibility index (Phi) is 3.96. The Hall–Kier alpha value is -2.94. The first-order chi connectivity index (χ1) is 11.7. The Morgan fingerprint density at radius 3 is 2.32 bits per heavy atom. The number of pyridine rings is 1. The molecule has 0 spiro atoms. The Balaban J connectivity index is 2.06. The largest absolute Gasteiger partial charge is 0.431 e. The Labute approximate surface area is 140 Å². The van der Waals surface area contributed by atoms with Gasteiger partial charge in [0.25, 0.3) is 5.91 Å². The fourth-order valence-corrected chi connectivity index (χ4v) is 2.51. The van der Waals surface area contributed by atoms with Crippen LogP contribution in [0.15, 0.2) is 53.9 Å². The normalized spacial score (nSPS) is 20.5. The summed E-state index contributed by atoms with van der Waals surface area (Å²) in [5.41, 5.74) is 2.57. The van der Waals surface area contributed by atoms with Crippen molar-refractivity contribution >= 4 is 17.3 Å². The van der Waals surface area contributed by atoms with E-state index in [1.165, 1.54) is 48.8 Å². The fourth-order valence-electron chi connectivity index (χ4n) is 2.51. The number of hydrogen-bond acceptors (Lipinski definition) is 5. The smallest absolute Gasteiger partial charge is 0.399 e. The van der Waals surface area contributed by atoms with Crippen molar-refractivity contribution in [2.24, 2.45) is 5.10 Å². The lowest BCUT2D eigenvalue weighted by Gasteiger charge is -2.31. The van der Waals surface area contributed by atoms with E-state index in [2.05, 4.69) is 10.1 Å². The summed E-state index contributed by atoms with van der Waals surface area (Å²) in [7, 11) is 0. The number of alkyl halides is 3. The first-order valence-electron chi connectivity index (χ1n) is 7.19. The minimum Gasteiger partial charge on any atom is -0.399 e. The molecule has 1 amide bonds. The van der Waals surface area contributed by atoms with Gasteiger partial charge in [0.1, 0.15) is 5.71 Å². The number of carbonyl (C=O) groups is 1. The van der Waals surface area contributed by atoms with Gasteiger partial charge in [0.2, 0.25) is 0 Å². The topological polar surface area (TPSA) is 91.8 Å². The number of hydrogen-bond donors (Lipinski definition) is 2. The standard InChI is InChI=1S/C16H13F3N4O2/c17-16(18,19)13-9-15(25,11-5-7-21-8-6-11)23(22-13)14(24)10-1-3-12(20)4-2-10/h1-8,25H,9,20H2/t15-/m0/s1. The minimum absolute atomic E-state index is 0.0499. The van der Waals surface area contributed by atoms with Crippen LogP contribution in [0, 0.1) is 0 Å². The molecule has 130 valence electrons. The Morgan fingerprint density at radius 2 is 1.76 bits per heavy atom. The van der Waals surface area contributed by atoms with Gasteiger partial charge in [-0.3, -0.25) is 9.78 Å². The number of rotatable bonds is 2. The van der Waals surface area contributed by atoms with Crippen molar-refractivity contribution in [1.29, 1.82) is 0 Å². The number of aromatic nitrogens is 1. The highest BCUT2D eigenvalue weighted by molar-refractivity contribution is 6.00. The summed E-state index contributed by atoms with van der Waals surface area (Å²) in [5, 5.41) is 14.7. The third-order valence-electron chi connectivity index (χ3n) is 3.80. The van der Waals surface area contributed by atoms with Crippen LogP contribution in [0.25, 0.3) is 0 Å². The van der Waals surface area contributed by atoms with Gasteiger partial charge in [-0.05, 0) is 36.4 Å². The number of anilines is 1. The average Bonchev–Trinajstić information content (AvgIpc) is 2.95. The van der Waals surface area contributed by atoms with Gasteiger partial charge in [0.15, 0.2) is 5.72 Å². The Morgan fingerprint density at radius 1 is 1.16 bits per heavy atom. The molecule has 0 fully saturated rings. The van der Waals surface area contributed by atoms with Crippen molar-refractivity contribution in [3.63, 3.8) is 0 Å². The van der Waals surface area contributed by atoms with Crippen LogP contribution in [0.5, 0.6) is 0 Å². The third kappa shape index (κ3) is 3.05. The Bertz CT molecular complexity index is 822. The highest BCUT2D eigenvalue weighted by Gasteiger charge is 2.53. The van der Waals surface area contributed by atoms with Gasteiger partial charge in [0.05, 0.1) is 6.42 Å². The van der Waals surface area contributed by atoms with Crippen molar-refractivity contribution in [2.75, 3.05) is 5.73 Å². The van der Waals surface area contributed by atoms with E-state index in [0.29, 0.717) is 10.7 Å². The van der Waals surface area contributed by atoms with Crippen LogP contribution in [-0.4, -0.2) is 32.9 Å². The summed E-state index contributed by atoms with van der Waals surface area (Å²) in [6.07, 6.45) is -3.02. The van der Waals surface area contributed by atoms with Gasteiger partial charge >= 0.3 is 6.18 Å². The number of nitrogens with zero attached hydrogens (tertiary/aromatic N) is 3. The second kappa shape index (κ2) is 5.85. The molecule has 0 aliphatic carbocycles. The van der Waals surface area contributed by atoms with E-state index < -0.39 is 29.9 Å². The fraction of sp³-hybridized carbons (Fsp3) is 0.188. The van der Waals surface area contributed by atoms with E-state index in [0.717, 1.165) is 0 Å². The van der Waals surface area contributed by atoms with Gasteiger partial charge in [-0.2, -0.15) is 23.3 Å². The molecule has 3 rings (SSSR count). The third-order valence-corrected chi connectivity index (χ3v) is 3.80. The monoisotopic (exact) mass is 350 g/mol. The van der Waals surface area contributed by atoms with Crippen LogP contribution in [0.2, 0.25) is 0 Å². The molecular weight excluding hydrogens is 337 g/mol. The molecule has 0 unspecified atom stereocenters. The van der Waals surface area contributed by atoms with E-state index >= 15 is 0 Å². The molecule has 1 aliphatic heterocycles. The predicted molar refractivity (Wildman–Crippen MR) is 83.3 cm³/mol. The number of nitrogen functional groups attached to an aromatic ring is 1. The molecule has 0 radical (unpaired) electrons. The molecule has 1 atom stereocenters. The number of benzene rings is 1. The number of amides is 1. The second-order valence-electron chi connectivity index (χ2n) is 5.51. The molecule has 0 saturated heterocycles. The number of aliphatic hydroxyl groups is 1. The molecule has 2 aromatic rings. The lowest BCUT2D eigenvalue weighted by atomic mass is 9.97. The van der Waals surface area contributed by atoms with Crippen molar-refractivity contribution in [3.05, 3.63) is 59.9 Å². The molecule has 0 saturated carbocycles. The zero-order valence-corrected chi connectivity index (χ0v) is 12.7. The predicted octanol–water partition coefficient (Wildman–Crippen LogP) is 2.27. The van der Waals surface area contributed by atoms with Crippen molar-refractivity contribution in [1.82, 2.24) is 9.99 Å². The number of carbonyl (C=O) groups excluding carboxylic acids is 1. The molecular formula is C16H13F3N4O2. The molecule has 1 aliphatic rings. The molecule has 0 bridgehead atoms. The van der Waals surface area contributed by atoms with Crippen molar-refractivity contribution < 1.29 is 23.1 Å². The van der Waals surface area contributed by atoms with Gasteiger partial charge < -0.3 is 10.8 Å². The zero-order valence-electron chi connectivity index (χ0n) is 12.7. The molecule has 3 N–H and O–H groups in total.